The Kier molecular flexibility index (Phi) is 1.25. The van der Waals surface area contributed by atoms with Gasteiger partial charge in [0.2, 0.25) is 5.95 Å². The first-order chi connectivity index (χ1) is 5.29. The van der Waals surface area contributed by atoms with Gasteiger partial charge in [0.25, 0.3) is 0 Å². The monoisotopic (exact) mass is 168 g/mol. The Morgan fingerprint density at radius 1 is 1.73 bits per heavy atom. The van der Waals surface area contributed by atoms with Crippen molar-refractivity contribution < 1.29 is 0 Å². The lowest BCUT2D eigenvalue weighted by Gasteiger charge is -1.87. The highest BCUT2D eigenvalue weighted by atomic mass is 32.1. The number of aromatic amines is 1. The summed E-state index contributed by atoms with van der Waals surface area (Å²) in [5.74, 6) is 0.784. The number of hydrogen-bond acceptors (Lipinski definition) is 4. The van der Waals surface area contributed by atoms with E-state index in [0.29, 0.717) is 0 Å². The molecule has 2 aromatic rings. The van der Waals surface area contributed by atoms with E-state index in [4.69, 9.17) is 5.73 Å². The van der Waals surface area contributed by atoms with E-state index in [9.17, 15) is 0 Å². The molecule has 2 heterocycles. The van der Waals surface area contributed by atoms with Crippen LogP contribution in [0.5, 0.6) is 0 Å². The number of anilines is 2. The van der Waals surface area contributed by atoms with Crippen LogP contribution in [0.25, 0.3) is 10.3 Å². The first-order valence-corrected chi connectivity index (χ1v) is 4.04. The highest BCUT2D eigenvalue weighted by Crippen LogP contribution is 2.26. The molecule has 0 amide bonds. The quantitative estimate of drug-likeness (QED) is 0.600. The lowest BCUT2D eigenvalue weighted by Crippen LogP contribution is -1.88. The number of thiophene rings is 1. The summed E-state index contributed by atoms with van der Waals surface area (Å²) in [5, 5.41) is 3.71. The summed E-state index contributed by atoms with van der Waals surface area (Å²) in [6.07, 6.45) is 0. The van der Waals surface area contributed by atoms with Gasteiger partial charge in [-0.05, 0) is 6.07 Å². The maximum atomic E-state index is 5.56. The van der Waals surface area contributed by atoms with Gasteiger partial charge in [0.1, 0.15) is 4.83 Å². The number of fused-ring (bicyclic) bond motifs is 1. The standard InChI is InChI=1S/C6H8N4S/c1-8-6-9-3-2-4(7)11-5(3)10-6/h2H,7H2,1H3,(H2,8,9,10). The maximum Gasteiger partial charge on any atom is 0.201 e. The third-order valence-corrected chi connectivity index (χ3v) is 2.29. The second-order valence-corrected chi connectivity index (χ2v) is 3.27. The molecule has 0 aliphatic rings. The number of nitrogens with two attached hydrogens (primary N) is 1. The molecule has 0 bridgehead atoms. The van der Waals surface area contributed by atoms with E-state index in [1.165, 1.54) is 11.3 Å². The van der Waals surface area contributed by atoms with E-state index in [1.54, 1.807) is 0 Å². The van der Waals surface area contributed by atoms with Gasteiger partial charge in [0.15, 0.2) is 0 Å². The summed E-state index contributed by atoms with van der Waals surface area (Å²) in [7, 11) is 1.83. The summed E-state index contributed by atoms with van der Waals surface area (Å²) in [6.45, 7) is 0. The van der Waals surface area contributed by atoms with Crippen LogP contribution in [0.3, 0.4) is 0 Å². The van der Waals surface area contributed by atoms with Crippen LogP contribution in [0.4, 0.5) is 10.9 Å². The van der Waals surface area contributed by atoms with Crippen LogP contribution in [-0.2, 0) is 0 Å². The molecule has 0 aromatic carbocycles. The summed E-state index contributed by atoms with van der Waals surface area (Å²) in [5.41, 5.74) is 6.56. The predicted molar refractivity (Wildman–Crippen MR) is 47.9 cm³/mol. The van der Waals surface area contributed by atoms with Crippen molar-refractivity contribution in [3.05, 3.63) is 6.07 Å². The minimum Gasteiger partial charge on any atom is -0.390 e. The fourth-order valence-electron chi connectivity index (χ4n) is 0.948. The molecule has 0 unspecified atom stereocenters. The molecule has 2 rings (SSSR count). The van der Waals surface area contributed by atoms with Gasteiger partial charge in [-0.3, -0.25) is 0 Å². The normalized spacial score (nSPS) is 10.6. The lowest BCUT2D eigenvalue weighted by atomic mass is 10.5. The lowest BCUT2D eigenvalue weighted by molar-refractivity contribution is 1.28. The van der Waals surface area contributed by atoms with E-state index < -0.39 is 0 Å². The van der Waals surface area contributed by atoms with E-state index in [0.717, 1.165) is 21.3 Å². The first-order valence-electron chi connectivity index (χ1n) is 3.22. The topological polar surface area (TPSA) is 66.7 Å². The molecule has 2 aromatic heterocycles. The van der Waals surface area contributed by atoms with Crippen LogP contribution in [-0.4, -0.2) is 17.0 Å². The van der Waals surface area contributed by atoms with Gasteiger partial charge in [-0.25, -0.2) is 4.98 Å². The number of nitrogens with one attached hydrogen (secondary N) is 2. The van der Waals surface area contributed by atoms with Crippen molar-refractivity contribution in [3.63, 3.8) is 0 Å². The molecule has 11 heavy (non-hydrogen) atoms. The zero-order valence-corrected chi connectivity index (χ0v) is 6.83. The van der Waals surface area contributed by atoms with E-state index in [2.05, 4.69) is 15.3 Å². The van der Waals surface area contributed by atoms with E-state index in [1.807, 2.05) is 13.1 Å². The van der Waals surface area contributed by atoms with Crippen molar-refractivity contribution in [2.75, 3.05) is 18.1 Å². The summed E-state index contributed by atoms with van der Waals surface area (Å²) >= 11 is 1.48. The number of H-pyrrole nitrogens is 1. The van der Waals surface area contributed by atoms with Gasteiger partial charge >= 0.3 is 0 Å². The molecule has 0 aliphatic heterocycles. The Hall–Kier alpha value is -1.23. The van der Waals surface area contributed by atoms with Gasteiger partial charge in [-0.2, -0.15) is 0 Å². The number of imidazole rings is 1. The third-order valence-electron chi connectivity index (χ3n) is 1.43. The van der Waals surface area contributed by atoms with Crippen LogP contribution in [0.1, 0.15) is 0 Å². The van der Waals surface area contributed by atoms with Crippen LogP contribution in [0, 0.1) is 0 Å². The first kappa shape index (κ1) is 6.48. The van der Waals surface area contributed by atoms with Crippen molar-refractivity contribution >= 4 is 32.6 Å². The summed E-state index contributed by atoms with van der Waals surface area (Å²) in [6, 6.07) is 1.88. The molecule has 0 saturated heterocycles. The second kappa shape index (κ2) is 2.13. The number of aromatic nitrogens is 2. The average Bonchev–Trinajstić information content (AvgIpc) is 2.43. The summed E-state index contributed by atoms with van der Waals surface area (Å²) in [4.78, 5) is 8.25. The summed E-state index contributed by atoms with van der Waals surface area (Å²) < 4.78 is 0. The molecular weight excluding hydrogens is 160 g/mol. The van der Waals surface area contributed by atoms with Gasteiger partial charge < -0.3 is 16.0 Å². The Labute approximate surface area is 67.4 Å². The molecule has 0 fully saturated rings. The fourth-order valence-corrected chi connectivity index (χ4v) is 1.71. The molecule has 0 aliphatic carbocycles. The highest BCUT2D eigenvalue weighted by Gasteiger charge is 2.03. The molecule has 5 heteroatoms. The van der Waals surface area contributed by atoms with Crippen LogP contribution < -0.4 is 11.1 Å². The zero-order chi connectivity index (χ0) is 7.84. The van der Waals surface area contributed by atoms with Crippen molar-refractivity contribution in [2.45, 2.75) is 0 Å². The van der Waals surface area contributed by atoms with Crippen molar-refractivity contribution in [1.82, 2.24) is 9.97 Å². The molecule has 0 spiro atoms. The molecule has 0 saturated carbocycles. The Morgan fingerprint density at radius 2 is 2.55 bits per heavy atom. The average molecular weight is 168 g/mol. The highest BCUT2D eigenvalue weighted by molar-refractivity contribution is 7.22. The molecular formula is C6H8N4S. The van der Waals surface area contributed by atoms with Crippen molar-refractivity contribution in [3.8, 4) is 0 Å². The molecule has 4 N–H and O–H groups in total. The molecule has 58 valence electrons. The number of nitrogens with zero attached hydrogens (tertiary/aromatic N) is 1. The van der Waals surface area contributed by atoms with Crippen molar-refractivity contribution in [1.29, 1.82) is 0 Å². The molecule has 4 nitrogen and oxygen atoms in total. The maximum absolute atomic E-state index is 5.56. The van der Waals surface area contributed by atoms with Crippen molar-refractivity contribution in [2.24, 2.45) is 0 Å². The zero-order valence-electron chi connectivity index (χ0n) is 6.01. The van der Waals surface area contributed by atoms with Gasteiger partial charge in [0, 0.05) is 7.05 Å². The third kappa shape index (κ3) is 0.932. The number of hydrogen-bond donors (Lipinski definition) is 3. The Balaban J connectivity index is 2.64. The van der Waals surface area contributed by atoms with Crippen LogP contribution in [0.15, 0.2) is 6.07 Å². The van der Waals surface area contributed by atoms with E-state index in [-0.39, 0.29) is 0 Å². The minimum absolute atomic E-state index is 0.784. The SMILES string of the molecule is CNc1nc2sc(N)cc2[nH]1. The van der Waals surface area contributed by atoms with Gasteiger partial charge in [-0.1, -0.05) is 11.3 Å². The van der Waals surface area contributed by atoms with Gasteiger partial charge in [0.05, 0.1) is 10.5 Å². The molecule has 0 atom stereocenters. The second-order valence-electron chi connectivity index (χ2n) is 2.20. The van der Waals surface area contributed by atoms with Gasteiger partial charge in [-0.15, -0.1) is 0 Å². The minimum atomic E-state index is 0.784. The smallest absolute Gasteiger partial charge is 0.201 e. The Bertz CT molecular complexity index is 343. The molecule has 0 radical (unpaired) electrons. The largest absolute Gasteiger partial charge is 0.390 e. The van der Waals surface area contributed by atoms with Crippen LogP contribution >= 0.6 is 11.3 Å². The number of nitrogen functional groups attached to an aromatic ring is 1. The van der Waals surface area contributed by atoms with E-state index >= 15 is 0 Å². The number of rotatable bonds is 1. The Morgan fingerprint density at radius 3 is 3.18 bits per heavy atom. The predicted octanol–water partition coefficient (Wildman–Crippen LogP) is 1.25. The van der Waals surface area contributed by atoms with Crippen LogP contribution in [0.2, 0.25) is 0 Å². The fraction of sp³-hybridized carbons (Fsp3) is 0.167.